The minimum Gasteiger partial charge on any atom is -0.493 e. The maximum absolute atomic E-state index is 12.9. The molecule has 0 unspecified atom stereocenters. The molecule has 3 rings (SSSR count). The number of benzene rings is 2. The van der Waals surface area contributed by atoms with Gasteiger partial charge >= 0.3 is 11.9 Å². The van der Waals surface area contributed by atoms with Crippen LogP contribution in [-0.4, -0.2) is 46.2 Å². The Kier molecular flexibility index (Phi) is 9.29. The van der Waals surface area contributed by atoms with Crippen LogP contribution < -0.4 is 9.47 Å². The first-order valence-corrected chi connectivity index (χ1v) is 11.1. The van der Waals surface area contributed by atoms with Crippen LogP contribution in [0.25, 0.3) is 12.2 Å². The fourth-order valence-electron chi connectivity index (χ4n) is 3.73. The largest absolute Gasteiger partial charge is 0.493 e. The van der Waals surface area contributed by atoms with Crippen LogP contribution in [0.2, 0.25) is 0 Å². The summed E-state index contributed by atoms with van der Waals surface area (Å²) in [4.78, 5) is 25.6. The van der Waals surface area contributed by atoms with Crippen LogP contribution in [0.1, 0.15) is 36.8 Å². The van der Waals surface area contributed by atoms with Crippen molar-refractivity contribution in [3.05, 3.63) is 70.8 Å². The van der Waals surface area contributed by atoms with Crippen molar-refractivity contribution in [1.29, 1.82) is 0 Å². The van der Waals surface area contributed by atoms with E-state index in [1.807, 2.05) is 36.4 Å². The van der Waals surface area contributed by atoms with Gasteiger partial charge < -0.3 is 23.7 Å². The first-order chi connectivity index (χ1) is 16.5. The maximum atomic E-state index is 12.9. The number of methoxy groups -OCH3 is 3. The third-order valence-corrected chi connectivity index (χ3v) is 5.43. The van der Waals surface area contributed by atoms with E-state index in [0.717, 1.165) is 31.2 Å². The molecule has 180 valence electrons. The van der Waals surface area contributed by atoms with E-state index in [2.05, 4.69) is 0 Å². The molecule has 0 atom stereocenters. The molecule has 1 aliphatic carbocycles. The Hall–Kier alpha value is -3.58. The Morgan fingerprint density at radius 1 is 0.853 bits per heavy atom. The molecular formula is C27H30O7. The summed E-state index contributed by atoms with van der Waals surface area (Å²) in [6, 6.07) is 14.5. The lowest BCUT2D eigenvalue weighted by atomic mass is 10.00. The summed E-state index contributed by atoms with van der Waals surface area (Å²) >= 11 is 0. The van der Waals surface area contributed by atoms with Crippen molar-refractivity contribution in [2.75, 3.05) is 28.1 Å². The zero-order chi connectivity index (χ0) is 24.3. The number of carbonyl (C=O) groups excluding carboxylic acids is 2. The molecule has 2 aromatic carbocycles. The van der Waals surface area contributed by atoms with Gasteiger partial charge in [0.1, 0.15) is 0 Å². The molecule has 34 heavy (non-hydrogen) atoms. The van der Waals surface area contributed by atoms with Gasteiger partial charge in [-0.1, -0.05) is 36.4 Å². The van der Waals surface area contributed by atoms with Crippen molar-refractivity contribution in [1.82, 2.24) is 0 Å². The van der Waals surface area contributed by atoms with Crippen LogP contribution in [0.5, 0.6) is 11.5 Å². The van der Waals surface area contributed by atoms with Gasteiger partial charge in [-0.25, -0.2) is 9.59 Å². The quantitative estimate of drug-likeness (QED) is 0.215. The molecule has 0 aliphatic heterocycles. The smallest absolute Gasteiger partial charge is 0.341 e. The molecule has 0 saturated heterocycles. The predicted molar refractivity (Wildman–Crippen MR) is 128 cm³/mol. The third-order valence-electron chi connectivity index (χ3n) is 5.43. The second kappa shape index (κ2) is 12.6. The maximum Gasteiger partial charge on any atom is 0.341 e. The Morgan fingerprint density at radius 3 is 2.18 bits per heavy atom. The number of ether oxygens (including phenoxy) is 5. The van der Waals surface area contributed by atoms with Gasteiger partial charge in [-0.15, -0.1) is 0 Å². The summed E-state index contributed by atoms with van der Waals surface area (Å²) in [5.74, 6) is -0.205. The van der Waals surface area contributed by atoms with Crippen molar-refractivity contribution in [3.63, 3.8) is 0 Å². The lowest BCUT2D eigenvalue weighted by Gasteiger charge is -2.16. The molecule has 0 spiro atoms. The van der Waals surface area contributed by atoms with Crippen LogP contribution in [0.3, 0.4) is 0 Å². The first-order valence-electron chi connectivity index (χ1n) is 11.1. The second-order valence-electron chi connectivity index (χ2n) is 7.79. The minimum absolute atomic E-state index is 0.0407. The van der Waals surface area contributed by atoms with E-state index in [1.54, 1.807) is 31.4 Å². The van der Waals surface area contributed by atoms with E-state index in [0.29, 0.717) is 17.1 Å². The van der Waals surface area contributed by atoms with Crippen molar-refractivity contribution >= 4 is 24.1 Å². The number of esters is 2. The highest BCUT2D eigenvalue weighted by Crippen LogP contribution is 2.33. The Bertz CT molecular complexity index is 1030. The van der Waals surface area contributed by atoms with Crippen LogP contribution >= 0.6 is 0 Å². The zero-order valence-corrected chi connectivity index (χ0v) is 19.7. The summed E-state index contributed by atoms with van der Waals surface area (Å²) < 4.78 is 26.6. The van der Waals surface area contributed by atoms with Crippen molar-refractivity contribution in [2.24, 2.45) is 0 Å². The van der Waals surface area contributed by atoms with Gasteiger partial charge in [-0.3, -0.25) is 0 Å². The van der Waals surface area contributed by atoms with Gasteiger partial charge in [0.15, 0.2) is 18.3 Å². The minimum atomic E-state index is -0.712. The lowest BCUT2D eigenvalue weighted by molar-refractivity contribution is -0.149. The molecule has 1 fully saturated rings. The fourth-order valence-corrected chi connectivity index (χ4v) is 3.73. The van der Waals surface area contributed by atoms with E-state index in [4.69, 9.17) is 23.7 Å². The molecule has 0 bridgehead atoms. The molecular weight excluding hydrogens is 436 g/mol. The van der Waals surface area contributed by atoms with Gasteiger partial charge in [0.2, 0.25) is 0 Å². The number of rotatable bonds is 10. The summed E-state index contributed by atoms with van der Waals surface area (Å²) in [6.45, 7) is -0.250. The Morgan fingerprint density at radius 2 is 1.53 bits per heavy atom. The van der Waals surface area contributed by atoms with Crippen LogP contribution in [0, 0.1) is 0 Å². The molecule has 1 aliphatic rings. The van der Waals surface area contributed by atoms with E-state index < -0.39 is 11.9 Å². The standard InChI is InChI=1S/C27H30O7/c1-30-18-33-27(29)23(15-19-9-5-4-6-10-19)22(26(28)32-3)16-20-13-14-24(25(17-20)31-2)34-21-11-7-8-12-21/h4-6,9-10,13-17,21H,7-8,11-12,18H2,1-3H3/b22-16-,23-15+. The van der Waals surface area contributed by atoms with Crippen molar-refractivity contribution in [2.45, 2.75) is 31.8 Å². The van der Waals surface area contributed by atoms with Gasteiger partial charge in [-0.2, -0.15) is 0 Å². The molecule has 0 radical (unpaired) electrons. The molecule has 1 saturated carbocycles. The molecule has 0 aromatic heterocycles. The van der Waals surface area contributed by atoms with Crippen LogP contribution in [0.15, 0.2) is 59.7 Å². The van der Waals surface area contributed by atoms with Gasteiger partial charge in [0, 0.05) is 7.11 Å². The normalized spacial score (nSPS) is 14.6. The van der Waals surface area contributed by atoms with Crippen molar-refractivity contribution in [3.8, 4) is 11.5 Å². The number of hydrogen-bond donors (Lipinski definition) is 0. The molecule has 0 N–H and O–H groups in total. The summed E-state index contributed by atoms with van der Waals surface area (Å²) in [7, 11) is 4.23. The molecule has 7 heteroatoms. The highest BCUT2D eigenvalue weighted by molar-refractivity contribution is 6.12. The number of carbonyl (C=O) groups is 2. The van der Waals surface area contributed by atoms with E-state index in [-0.39, 0.29) is 24.0 Å². The molecule has 0 heterocycles. The summed E-state index contributed by atoms with van der Waals surface area (Å²) in [6.07, 6.45) is 7.68. The highest BCUT2D eigenvalue weighted by atomic mass is 16.7. The van der Waals surface area contributed by atoms with Gasteiger partial charge in [-0.05, 0) is 61.1 Å². The fraction of sp³-hybridized carbons (Fsp3) is 0.333. The van der Waals surface area contributed by atoms with E-state index in [9.17, 15) is 9.59 Å². The lowest BCUT2D eigenvalue weighted by Crippen LogP contribution is -2.17. The first kappa shape index (κ1) is 25.1. The van der Waals surface area contributed by atoms with Crippen molar-refractivity contribution < 1.29 is 33.3 Å². The number of hydrogen-bond acceptors (Lipinski definition) is 7. The zero-order valence-electron chi connectivity index (χ0n) is 19.7. The monoisotopic (exact) mass is 466 g/mol. The molecule has 7 nitrogen and oxygen atoms in total. The second-order valence-corrected chi connectivity index (χ2v) is 7.79. The van der Waals surface area contributed by atoms with Gasteiger partial charge in [0.25, 0.3) is 0 Å². The third kappa shape index (κ3) is 6.71. The van der Waals surface area contributed by atoms with E-state index in [1.165, 1.54) is 14.2 Å². The molecule has 2 aromatic rings. The average molecular weight is 467 g/mol. The highest BCUT2D eigenvalue weighted by Gasteiger charge is 2.24. The Labute approximate surface area is 199 Å². The summed E-state index contributed by atoms with van der Waals surface area (Å²) in [5.41, 5.74) is 1.44. The Balaban J connectivity index is 2.02. The SMILES string of the molecule is COCOC(=O)C(=C/c1ccccc1)/C(=C/c1ccc(OC2CCCC2)c(OC)c1)C(=O)OC. The average Bonchev–Trinajstić information content (AvgIpc) is 3.38. The summed E-state index contributed by atoms with van der Waals surface area (Å²) in [5, 5.41) is 0. The predicted octanol–water partition coefficient (Wildman–Crippen LogP) is 4.80. The molecule has 0 amide bonds. The van der Waals surface area contributed by atoms with Gasteiger partial charge in [0.05, 0.1) is 31.5 Å². The van der Waals surface area contributed by atoms with Crippen LogP contribution in [-0.2, 0) is 23.8 Å². The van der Waals surface area contributed by atoms with E-state index >= 15 is 0 Å². The van der Waals surface area contributed by atoms with Crippen LogP contribution in [0.4, 0.5) is 0 Å². The topological polar surface area (TPSA) is 80.3 Å².